The Labute approximate surface area is 75.2 Å². The van der Waals surface area contributed by atoms with E-state index in [4.69, 9.17) is 0 Å². The third-order valence-electron chi connectivity index (χ3n) is 2.82. The fourth-order valence-corrected chi connectivity index (χ4v) is 1.66. The molecular weight excluding hydrogens is 148 g/mol. The molecule has 0 fully saturated rings. The second kappa shape index (κ2) is 3.21. The minimum Gasteiger partial charge on any atom is -0.357 e. The van der Waals surface area contributed by atoms with E-state index in [0.717, 1.165) is 6.54 Å². The minimum absolute atomic E-state index is 0.475. The summed E-state index contributed by atoms with van der Waals surface area (Å²) < 4.78 is 0. The largest absolute Gasteiger partial charge is 0.357 e. The number of hydrogen-bond donors (Lipinski definition) is 0. The molecule has 2 heteroatoms. The summed E-state index contributed by atoms with van der Waals surface area (Å²) in [7, 11) is 2.13. The van der Waals surface area contributed by atoms with Crippen LogP contribution in [0, 0.1) is 0 Å². The van der Waals surface area contributed by atoms with Gasteiger partial charge in [-0.3, -0.25) is 0 Å². The third-order valence-corrected chi connectivity index (χ3v) is 2.82. The van der Waals surface area contributed by atoms with Crippen LogP contribution in [0.3, 0.4) is 0 Å². The lowest BCUT2D eigenvalue weighted by Gasteiger charge is -2.28. The van der Waals surface area contributed by atoms with Gasteiger partial charge in [-0.1, -0.05) is 6.08 Å². The third kappa shape index (κ3) is 1.22. The first-order valence-corrected chi connectivity index (χ1v) is 4.37. The van der Waals surface area contributed by atoms with E-state index in [1.807, 2.05) is 6.08 Å². The summed E-state index contributed by atoms with van der Waals surface area (Å²) in [6.07, 6.45) is 2.43. The standard InChI is InChI=1S/C10H18N2/c1-6-7-12-9(3)8(2)11(5)10(12)4/h6,10H,1,7H2,2-5H3. The summed E-state index contributed by atoms with van der Waals surface area (Å²) in [5, 5.41) is 0. The summed E-state index contributed by atoms with van der Waals surface area (Å²) in [6.45, 7) is 11.2. The molecule has 0 saturated carbocycles. The highest BCUT2D eigenvalue weighted by molar-refractivity contribution is 5.15. The van der Waals surface area contributed by atoms with Crippen LogP contribution in [-0.4, -0.2) is 29.6 Å². The lowest BCUT2D eigenvalue weighted by molar-refractivity contribution is 0.193. The van der Waals surface area contributed by atoms with Crippen LogP contribution in [0.2, 0.25) is 0 Å². The van der Waals surface area contributed by atoms with Gasteiger partial charge >= 0.3 is 0 Å². The second-order valence-electron chi connectivity index (χ2n) is 3.35. The maximum absolute atomic E-state index is 3.76. The van der Waals surface area contributed by atoms with Gasteiger partial charge in [0.15, 0.2) is 0 Å². The van der Waals surface area contributed by atoms with Crippen LogP contribution < -0.4 is 0 Å². The topological polar surface area (TPSA) is 6.48 Å². The van der Waals surface area contributed by atoms with Crippen molar-refractivity contribution < 1.29 is 0 Å². The molecule has 2 nitrogen and oxygen atoms in total. The summed E-state index contributed by atoms with van der Waals surface area (Å²) in [6, 6.07) is 0. The average Bonchev–Trinajstić information content (AvgIpc) is 2.23. The van der Waals surface area contributed by atoms with Crippen molar-refractivity contribution in [2.45, 2.75) is 26.9 Å². The molecule has 1 aliphatic heterocycles. The van der Waals surface area contributed by atoms with Gasteiger partial charge in [-0.25, -0.2) is 0 Å². The number of allylic oxidation sites excluding steroid dienone is 2. The fraction of sp³-hybridized carbons (Fsp3) is 0.600. The monoisotopic (exact) mass is 166 g/mol. The zero-order valence-electron chi connectivity index (χ0n) is 8.46. The molecule has 0 N–H and O–H groups in total. The zero-order valence-corrected chi connectivity index (χ0v) is 8.46. The van der Waals surface area contributed by atoms with E-state index in [1.165, 1.54) is 11.4 Å². The lowest BCUT2D eigenvalue weighted by atomic mass is 10.3. The predicted molar refractivity (Wildman–Crippen MR) is 52.5 cm³/mol. The van der Waals surface area contributed by atoms with Crippen LogP contribution in [0.15, 0.2) is 24.0 Å². The van der Waals surface area contributed by atoms with Crippen molar-refractivity contribution in [3.63, 3.8) is 0 Å². The van der Waals surface area contributed by atoms with Crippen LogP contribution in [0.4, 0.5) is 0 Å². The van der Waals surface area contributed by atoms with Gasteiger partial charge in [0.05, 0.1) is 6.17 Å². The van der Waals surface area contributed by atoms with Crippen LogP contribution in [-0.2, 0) is 0 Å². The number of rotatable bonds is 2. The van der Waals surface area contributed by atoms with Gasteiger partial charge in [0, 0.05) is 25.0 Å². The maximum atomic E-state index is 3.76. The van der Waals surface area contributed by atoms with Gasteiger partial charge < -0.3 is 9.80 Å². The molecule has 68 valence electrons. The molecule has 1 unspecified atom stereocenters. The molecule has 0 aromatic heterocycles. The van der Waals surface area contributed by atoms with E-state index < -0.39 is 0 Å². The zero-order chi connectivity index (χ0) is 9.30. The van der Waals surface area contributed by atoms with E-state index in [9.17, 15) is 0 Å². The lowest BCUT2D eigenvalue weighted by Crippen LogP contribution is -2.35. The van der Waals surface area contributed by atoms with Crippen LogP contribution in [0.25, 0.3) is 0 Å². The van der Waals surface area contributed by atoms with Crippen LogP contribution >= 0.6 is 0 Å². The summed E-state index contributed by atoms with van der Waals surface area (Å²) >= 11 is 0. The first kappa shape index (κ1) is 9.17. The molecular formula is C10H18N2. The van der Waals surface area contributed by atoms with Crippen molar-refractivity contribution in [3.05, 3.63) is 24.0 Å². The Morgan fingerprint density at radius 1 is 1.42 bits per heavy atom. The van der Waals surface area contributed by atoms with Gasteiger partial charge in [0.1, 0.15) is 0 Å². The molecule has 1 rings (SSSR count). The van der Waals surface area contributed by atoms with E-state index in [1.54, 1.807) is 0 Å². The van der Waals surface area contributed by atoms with Crippen molar-refractivity contribution in [1.29, 1.82) is 0 Å². The predicted octanol–water partition coefficient (Wildman–Crippen LogP) is 2.02. The van der Waals surface area contributed by atoms with Crippen molar-refractivity contribution in [2.75, 3.05) is 13.6 Å². The van der Waals surface area contributed by atoms with Crippen molar-refractivity contribution in [1.82, 2.24) is 9.80 Å². The fourth-order valence-electron chi connectivity index (χ4n) is 1.66. The highest BCUT2D eigenvalue weighted by atomic mass is 15.4. The Hall–Kier alpha value is -0.920. The van der Waals surface area contributed by atoms with Crippen molar-refractivity contribution >= 4 is 0 Å². The van der Waals surface area contributed by atoms with Crippen molar-refractivity contribution in [3.8, 4) is 0 Å². The number of hydrogen-bond acceptors (Lipinski definition) is 2. The SMILES string of the molecule is C=CCN1C(C)=C(C)N(C)C1C. The first-order valence-electron chi connectivity index (χ1n) is 4.37. The summed E-state index contributed by atoms with van der Waals surface area (Å²) in [5.41, 5.74) is 2.73. The van der Waals surface area contributed by atoms with E-state index in [-0.39, 0.29) is 0 Å². The highest BCUT2D eigenvalue weighted by Crippen LogP contribution is 2.26. The molecule has 0 radical (unpaired) electrons. The van der Waals surface area contributed by atoms with Gasteiger partial charge in [-0.2, -0.15) is 0 Å². The molecule has 0 aromatic carbocycles. The number of nitrogens with zero attached hydrogens (tertiary/aromatic N) is 2. The molecule has 0 aliphatic carbocycles. The molecule has 1 heterocycles. The van der Waals surface area contributed by atoms with Crippen molar-refractivity contribution in [2.24, 2.45) is 0 Å². The van der Waals surface area contributed by atoms with E-state index in [0.29, 0.717) is 6.17 Å². The Morgan fingerprint density at radius 2 is 2.00 bits per heavy atom. The highest BCUT2D eigenvalue weighted by Gasteiger charge is 2.26. The Kier molecular flexibility index (Phi) is 2.46. The second-order valence-corrected chi connectivity index (χ2v) is 3.35. The normalized spacial score (nSPS) is 23.8. The Morgan fingerprint density at radius 3 is 2.33 bits per heavy atom. The first-order chi connectivity index (χ1) is 5.59. The van der Waals surface area contributed by atoms with E-state index in [2.05, 4.69) is 44.2 Å². The van der Waals surface area contributed by atoms with Gasteiger partial charge in [0.2, 0.25) is 0 Å². The molecule has 1 aliphatic rings. The van der Waals surface area contributed by atoms with Gasteiger partial charge in [-0.15, -0.1) is 6.58 Å². The molecule has 0 amide bonds. The van der Waals surface area contributed by atoms with Gasteiger partial charge in [-0.05, 0) is 20.8 Å². The maximum Gasteiger partial charge on any atom is 0.0982 e. The smallest absolute Gasteiger partial charge is 0.0982 e. The Bertz CT molecular complexity index is 218. The van der Waals surface area contributed by atoms with E-state index >= 15 is 0 Å². The molecule has 12 heavy (non-hydrogen) atoms. The molecule has 1 atom stereocenters. The summed E-state index contributed by atoms with van der Waals surface area (Å²) in [4.78, 5) is 4.64. The van der Waals surface area contributed by atoms with Crippen LogP contribution in [0.1, 0.15) is 20.8 Å². The van der Waals surface area contributed by atoms with Crippen LogP contribution in [0.5, 0.6) is 0 Å². The average molecular weight is 166 g/mol. The Balaban J connectivity index is 2.83. The molecule has 0 aromatic rings. The molecule has 0 spiro atoms. The van der Waals surface area contributed by atoms with Gasteiger partial charge in [0.25, 0.3) is 0 Å². The minimum atomic E-state index is 0.475. The quantitative estimate of drug-likeness (QED) is 0.579. The molecule has 0 bridgehead atoms. The molecule has 0 saturated heterocycles. The summed E-state index contributed by atoms with van der Waals surface area (Å²) in [5.74, 6) is 0.